The Morgan fingerprint density at radius 2 is 0.881 bits per heavy atom. The van der Waals surface area contributed by atoms with Crippen LogP contribution in [0.25, 0.3) is 87.0 Å². The van der Waals surface area contributed by atoms with Crippen molar-refractivity contribution in [1.29, 1.82) is 0 Å². The minimum atomic E-state index is -1.89. The first-order chi connectivity index (χ1) is 29.2. The minimum absolute atomic E-state index is 0.0108. The van der Waals surface area contributed by atoms with Gasteiger partial charge in [0.2, 0.25) is 0 Å². The van der Waals surface area contributed by atoms with Gasteiger partial charge in [-0.1, -0.05) is 121 Å². The third-order valence-corrected chi connectivity index (χ3v) is 15.5. The largest absolute Gasteiger partial charge is 0.408 e. The summed E-state index contributed by atoms with van der Waals surface area (Å²) in [5.41, 5.74) is 3.11. The summed E-state index contributed by atoms with van der Waals surface area (Å²) < 4.78 is 50.6. The summed E-state index contributed by atoms with van der Waals surface area (Å²) in [4.78, 5) is 0. The Morgan fingerprint density at radius 3 is 1.32 bits per heavy atom. The van der Waals surface area contributed by atoms with Gasteiger partial charge in [0, 0.05) is 40.4 Å². The number of benzene rings is 8. The summed E-state index contributed by atoms with van der Waals surface area (Å²) in [7, 11) is -3.55. The number of nitrogens with zero attached hydrogens (tertiary/aromatic N) is 1. The Labute approximate surface area is 339 Å². The van der Waals surface area contributed by atoms with Gasteiger partial charge >= 0.3 is 16.4 Å². The average molecular weight is 814 g/mol. The van der Waals surface area contributed by atoms with E-state index in [1.807, 2.05) is 0 Å². The molecule has 1 spiro atoms. The van der Waals surface area contributed by atoms with E-state index in [4.69, 9.17) is 30.8 Å². The summed E-state index contributed by atoms with van der Waals surface area (Å²) in [6.45, 7) is 1.14. The molecule has 2 aromatic heterocycles. The van der Waals surface area contributed by atoms with E-state index in [-0.39, 0.29) is 18.2 Å². The highest BCUT2D eigenvalue weighted by molar-refractivity contribution is 7.39. The summed E-state index contributed by atoms with van der Waals surface area (Å²) in [5, 5.41) is 13.2. The zero-order valence-corrected chi connectivity index (χ0v) is 33.6. The molecule has 0 saturated carbocycles. The van der Waals surface area contributed by atoms with Crippen molar-refractivity contribution in [2.75, 3.05) is 17.9 Å². The number of fused-ring (bicyclic) bond motifs is 16. The zero-order valence-electron chi connectivity index (χ0n) is 31.8. The highest BCUT2D eigenvalue weighted by atomic mass is 31.1. The lowest BCUT2D eigenvalue weighted by atomic mass is 9.98. The van der Waals surface area contributed by atoms with E-state index in [2.05, 4.69) is 150 Å². The molecule has 2 bridgehead atoms. The van der Waals surface area contributed by atoms with E-state index < -0.39 is 22.2 Å². The van der Waals surface area contributed by atoms with E-state index in [1.54, 1.807) is 0 Å². The molecule has 3 aliphatic heterocycles. The molecule has 13 rings (SSSR count). The van der Waals surface area contributed by atoms with Crippen LogP contribution in [0.2, 0.25) is 0 Å². The maximum Gasteiger partial charge on any atom is 0.387 e. The maximum absolute atomic E-state index is 7.18. The standard InChI is InChI=1S/C49H37NO7P2/c1-5-13-35-30(9-1)17-21-40-45(35)46-36-14-6-2-10-31(36)18-22-41(46)54-58(53-40)50-34-27-44(39(50)29-49(28-34)51-25-26-52-49)57-59-55-42-23-19-32-11-3-7-15-37(32)47(42)48-38-16-8-4-12-33(38)20-24-43(48)56-59/h1-24,34,39,44H,25-29H2. The van der Waals surface area contributed by atoms with E-state index in [0.29, 0.717) is 32.5 Å². The third-order valence-electron chi connectivity index (χ3n) is 12.7. The first-order valence-corrected chi connectivity index (χ1v) is 22.5. The molecule has 5 heterocycles. The molecular weight excluding hydrogens is 776 g/mol. The molecular formula is C49H37NO7P2. The molecule has 0 radical (unpaired) electrons. The van der Waals surface area contributed by atoms with Crippen LogP contribution in [0.5, 0.6) is 0 Å². The summed E-state index contributed by atoms with van der Waals surface area (Å²) in [6.07, 6.45) is 1.70. The van der Waals surface area contributed by atoms with Gasteiger partial charge in [0.25, 0.3) is 0 Å². The second-order valence-corrected chi connectivity index (χ2v) is 18.3. The van der Waals surface area contributed by atoms with Gasteiger partial charge in [-0.05, 0) is 73.8 Å². The molecule has 3 fully saturated rings. The number of piperidine rings is 1. The lowest BCUT2D eigenvalue weighted by Gasteiger charge is -2.41. The Hall–Kier alpha value is -5.56. The summed E-state index contributed by atoms with van der Waals surface area (Å²) in [6, 6.07) is 50.6. The molecule has 3 atom stereocenters. The fourth-order valence-corrected chi connectivity index (χ4v) is 13.2. The Morgan fingerprint density at radius 1 is 0.475 bits per heavy atom. The van der Waals surface area contributed by atoms with Gasteiger partial charge in [-0.2, -0.15) is 4.67 Å². The Balaban J connectivity index is 1.01. The SMILES string of the molecule is c1ccc2c(c1)ccc1op(OC3CC4CC5(CC3N4p3oc4ccc6ccccc6c4c4c(ccc6ccccc64)o3)OCCO5)oc3ccc4ccccc4c3c12. The molecule has 3 aliphatic rings. The van der Waals surface area contributed by atoms with E-state index in [1.165, 1.54) is 0 Å². The highest BCUT2D eigenvalue weighted by Crippen LogP contribution is 2.54. The van der Waals surface area contributed by atoms with Gasteiger partial charge in [0.15, 0.2) is 5.79 Å². The summed E-state index contributed by atoms with van der Waals surface area (Å²) >= 11 is 0. The van der Waals surface area contributed by atoms with Gasteiger partial charge in [-0.25, -0.2) is 0 Å². The van der Waals surface area contributed by atoms with Crippen LogP contribution < -0.4 is 9.19 Å². The Bertz CT molecular complexity index is 3230. The number of ether oxygens (including phenoxy) is 2. The highest BCUT2D eigenvalue weighted by Gasteiger charge is 2.58. The average Bonchev–Trinajstić information content (AvgIpc) is 3.68. The van der Waals surface area contributed by atoms with Crippen molar-refractivity contribution >= 4 is 103 Å². The van der Waals surface area contributed by atoms with E-state index in [0.717, 1.165) is 87.0 Å². The lowest BCUT2D eigenvalue weighted by Crippen LogP contribution is -2.52. The molecule has 8 nitrogen and oxygen atoms in total. The number of hydrogen-bond donors (Lipinski definition) is 0. The topological polar surface area (TPSA) is 83.5 Å². The predicted molar refractivity (Wildman–Crippen MR) is 237 cm³/mol. The number of hydrogen-bond acceptors (Lipinski definition) is 8. The van der Waals surface area contributed by atoms with E-state index in [9.17, 15) is 0 Å². The van der Waals surface area contributed by atoms with E-state index >= 15 is 0 Å². The lowest BCUT2D eigenvalue weighted by molar-refractivity contribution is -0.177. The molecule has 3 unspecified atom stereocenters. The van der Waals surface area contributed by atoms with Gasteiger partial charge in [-0.15, -0.1) is 0 Å². The fraction of sp³-hybridized carbons (Fsp3) is 0.184. The van der Waals surface area contributed by atoms with Crippen molar-refractivity contribution < 1.29 is 30.8 Å². The van der Waals surface area contributed by atoms with Crippen LogP contribution in [0.1, 0.15) is 19.3 Å². The van der Waals surface area contributed by atoms with Crippen molar-refractivity contribution in [3.05, 3.63) is 146 Å². The second kappa shape index (κ2) is 13.2. The van der Waals surface area contributed by atoms with Crippen LogP contribution in [-0.2, 0) is 9.47 Å². The molecule has 10 heteroatoms. The molecule has 0 N–H and O–H groups in total. The van der Waals surface area contributed by atoms with Gasteiger partial charge in [-0.3, -0.25) is 4.52 Å². The molecule has 290 valence electrons. The second-order valence-electron chi connectivity index (χ2n) is 16.0. The van der Waals surface area contributed by atoms with Crippen LogP contribution in [-0.4, -0.2) is 37.2 Å². The molecule has 10 aromatic rings. The molecule has 59 heavy (non-hydrogen) atoms. The minimum Gasteiger partial charge on any atom is -0.408 e. The molecule has 0 aliphatic carbocycles. The quantitative estimate of drug-likeness (QED) is 0.174. The van der Waals surface area contributed by atoms with Gasteiger partial charge in [0.1, 0.15) is 22.3 Å². The third kappa shape index (κ3) is 5.38. The van der Waals surface area contributed by atoms with Crippen molar-refractivity contribution in [2.24, 2.45) is 0 Å². The molecule has 0 amide bonds. The summed E-state index contributed by atoms with van der Waals surface area (Å²) in [5.74, 6) is -0.692. The maximum atomic E-state index is 7.18. The zero-order chi connectivity index (χ0) is 38.7. The van der Waals surface area contributed by atoms with Crippen molar-refractivity contribution in [2.45, 2.75) is 43.2 Å². The van der Waals surface area contributed by atoms with Crippen LogP contribution in [0.15, 0.2) is 162 Å². The molecule has 8 aromatic carbocycles. The van der Waals surface area contributed by atoms with Gasteiger partial charge < -0.3 is 26.3 Å². The predicted octanol–water partition coefficient (Wildman–Crippen LogP) is 13.6. The van der Waals surface area contributed by atoms with Crippen LogP contribution in [0.4, 0.5) is 0 Å². The van der Waals surface area contributed by atoms with Crippen LogP contribution in [0, 0.1) is 0 Å². The first-order valence-electron chi connectivity index (χ1n) is 20.3. The van der Waals surface area contributed by atoms with Gasteiger partial charge in [0.05, 0.1) is 25.4 Å². The van der Waals surface area contributed by atoms with Crippen LogP contribution in [0.3, 0.4) is 0 Å². The van der Waals surface area contributed by atoms with Crippen molar-refractivity contribution in [3.63, 3.8) is 0 Å². The van der Waals surface area contributed by atoms with Crippen molar-refractivity contribution in [3.8, 4) is 0 Å². The monoisotopic (exact) mass is 813 g/mol. The normalized spacial score (nSPS) is 20.4. The Kier molecular flexibility index (Phi) is 7.69. The van der Waals surface area contributed by atoms with Crippen LogP contribution >= 0.6 is 16.4 Å². The smallest absolute Gasteiger partial charge is 0.387 e. The fourth-order valence-electron chi connectivity index (χ4n) is 10.2. The molecule has 3 saturated heterocycles. The number of rotatable bonds is 3. The van der Waals surface area contributed by atoms with Crippen molar-refractivity contribution in [1.82, 2.24) is 0 Å². The first kappa shape index (κ1) is 34.3.